The third-order valence-electron chi connectivity index (χ3n) is 4.70. The largest absolute Gasteiger partial charge is 0.477 e. The number of carbonyl (C=O) groups is 3. The third-order valence-corrected chi connectivity index (χ3v) is 6.12. The van der Waals surface area contributed by atoms with E-state index in [-0.39, 0.29) is 12.5 Å². The van der Waals surface area contributed by atoms with Gasteiger partial charge in [0.1, 0.15) is 23.2 Å². The predicted molar refractivity (Wildman–Crippen MR) is 94.9 cm³/mol. The average molecular weight is 391 g/mol. The predicted octanol–water partition coefficient (Wildman–Crippen LogP) is 0.174. The van der Waals surface area contributed by atoms with Gasteiger partial charge in [0.2, 0.25) is 12.7 Å². The van der Waals surface area contributed by atoms with Crippen LogP contribution in [0.2, 0.25) is 0 Å². The number of nitrogens with one attached hydrogen (secondary N) is 1. The SMILES string of the molecule is CC1=C(C(=O)O)N2C(=O)[C@@H](NC(=O)C(N)c3ccc4c(c3)OCO4)[C@H]2SC1. The van der Waals surface area contributed by atoms with Crippen molar-refractivity contribution in [1.82, 2.24) is 10.2 Å². The maximum atomic E-state index is 12.5. The fourth-order valence-corrected chi connectivity index (χ4v) is 4.57. The van der Waals surface area contributed by atoms with Crippen molar-refractivity contribution in [3.8, 4) is 11.5 Å². The van der Waals surface area contributed by atoms with E-state index in [0.29, 0.717) is 28.4 Å². The second kappa shape index (κ2) is 6.46. The summed E-state index contributed by atoms with van der Waals surface area (Å²) in [6.45, 7) is 1.80. The Bertz CT molecular complexity index is 885. The van der Waals surface area contributed by atoms with Crippen LogP contribution in [-0.4, -0.2) is 51.8 Å². The lowest BCUT2D eigenvalue weighted by molar-refractivity contribution is -0.150. The number of amides is 2. The second-order valence-corrected chi connectivity index (χ2v) is 7.53. The van der Waals surface area contributed by atoms with E-state index >= 15 is 0 Å². The fraction of sp³-hybridized carbons (Fsp3) is 0.353. The Morgan fingerprint density at radius 1 is 1.37 bits per heavy atom. The van der Waals surface area contributed by atoms with E-state index in [2.05, 4.69) is 5.32 Å². The third kappa shape index (κ3) is 2.81. The topological polar surface area (TPSA) is 131 Å². The van der Waals surface area contributed by atoms with Crippen molar-refractivity contribution < 1.29 is 29.0 Å². The van der Waals surface area contributed by atoms with Crippen molar-refractivity contribution in [2.24, 2.45) is 5.73 Å². The maximum absolute atomic E-state index is 12.5. The van der Waals surface area contributed by atoms with Crippen molar-refractivity contribution in [2.45, 2.75) is 24.4 Å². The van der Waals surface area contributed by atoms with Crippen LogP contribution in [-0.2, 0) is 14.4 Å². The Morgan fingerprint density at radius 3 is 2.85 bits per heavy atom. The molecule has 3 aliphatic rings. The first-order valence-corrected chi connectivity index (χ1v) is 9.26. The molecule has 3 atom stereocenters. The molecule has 0 aromatic heterocycles. The number of β-lactam (4-membered cyclic amide) rings is 1. The number of nitrogens with two attached hydrogens (primary N) is 1. The molecule has 0 saturated carbocycles. The van der Waals surface area contributed by atoms with Crippen LogP contribution >= 0.6 is 11.8 Å². The highest BCUT2D eigenvalue weighted by Crippen LogP contribution is 2.40. The molecular weight excluding hydrogens is 374 g/mol. The average Bonchev–Trinajstić information content (AvgIpc) is 3.12. The standard InChI is InChI=1S/C17H17N3O6S/c1-7-5-27-16-12(15(22)20(16)13(7)17(23)24)19-14(21)11(18)8-2-3-9-10(4-8)26-6-25-9/h2-4,11-12,16H,5-6,18H2,1H3,(H,19,21)(H,23,24)/t11?,12-,16-/m1/s1. The molecule has 0 aliphatic carbocycles. The lowest BCUT2D eigenvalue weighted by atomic mass is 10.0. The molecule has 1 saturated heterocycles. The smallest absolute Gasteiger partial charge is 0.352 e. The summed E-state index contributed by atoms with van der Waals surface area (Å²) in [7, 11) is 0. The highest BCUT2D eigenvalue weighted by atomic mass is 32.2. The van der Waals surface area contributed by atoms with Crippen LogP contribution in [0.5, 0.6) is 11.5 Å². The van der Waals surface area contributed by atoms with Crippen molar-refractivity contribution in [1.29, 1.82) is 0 Å². The summed E-state index contributed by atoms with van der Waals surface area (Å²) < 4.78 is 10.5. The van der Waals surface area contributed by atoms with Gasteiger partial charge in [-0.2, -0.15) is 0 Å². The first-order chi connectivity index (χ1) is 12.9. The molecule has 1 aromatic carbocycles. The minimum absolute atomic E-state index is 0.00526. The van der Waals surface area contributed by atoms with Crippen LogP contribution < -0.4 is 20.5 Å². The molecule has 27 heavy (non-hydrogen) atoms. The van der Waals surface area contributed by atoms with Crippen LogP contribution in [0.15, 0.2) is 29.5 Å². The van der Waals surface area contributed by atoms with Crippen LogP contribution in [0.25, 0.3) is 0 Å². The van der Waals surface area contributed by atoms with Crippen LogP contribution in [0, 0.1) is 0 Å². The summed E-state index contributed by atoms with van der Waals surface area (Å²) in [6, 6.07) is 3.17. The zero-order valence-corrected chi connectivity index (χ0v) is 15.1. The van der Waals surface area contributed by atoms with Gasteiger partial charge >= 0.3 is 5.97 Å². The lowest BCUT2D eigenvalue weighted by Crippen LogP contribution is -2.71. The number of benzene rings is 1. The summed E-state index contributed by atoms with van der Waals surface area (Å²) in [4.78, 5) is 37.6. The van der Waals surface area contributed by atoms with E-state index in [4.69, 9.17) is 15.2 Å². The quantitative estimate of drug-likeness (QED) is 0.619. The zero-order chi connectivity index (χ0) is 19.3. The molecule has 0 spiro atoms. The maximum Gasteiger partial charge on any atom is 0.352 e. The Kier molecular flexibility index (Phi) is 4.23. The van der Waals surface area contributed by atoms with Crippen molar-refractivity contribution in [2.75, 3.05) is 12.5 Å². The van der Waals surface area contributed by atoms with Crippen molar-refractivity contribution in [3.05, 3.63) is 35.0 Å². The summed E-state index contributed by atoms with van der Waals surface area (Å²) in [5.74, 6) is -0.537. The number of carboxylic acids is 1. The molecule has 1 fully saturated rings. The van der Waals surface area contributed by atoms with Crippen molar-refractivity contribution in [3.63, 3.8) is 0 Å². The monoisotopic (exact) mass is 391 g/mol. The molecular formula is C17H17N3O6S. The number of hydrogen-bond acceptors (Lipinski definition) is 7. The summed E-state index contributed by atoms with van der Waals surface area (Å²) in [6.07, 6.45) is 0. The number of carboxylic acid groups (broad SMARTS) is 1. The first-order valence-electron chi connectivity index (χ1n) is 8.21. The molecule has 4 N–H and O–H groups in total. The van der Waals surface area contributed by atoms with Gasteiger partial charge in [0.05, 0.1) is 0 Å². The van der Waals surface area contributed by atoms with Crippen LogP contribution in [0.4, 0.5) is 0 Å². The summed E-state index contributed by atoms with van der Waals surface area (Å²) >= 11 is 1.41. The Balaban J connectivity index is 1.46. The van der Waals surface area contributed by atoms with Gasteiger partial charge < -0.3 is 25.6 Å². The van der Waals surface area contributed by atoms with E-state index in [1.807, 2.05) is 0 Å². The van der Waals surface area contributed by atoms with Gasteiger partial charge in [-0.15, -0.1) is 11.8 Å². The van der Waals surface area contributed by atoms with E-state index in [1.165, 1.54) is 16.7 Å². The van der Waals surface area contributed by atoms with Crippen molar-refractivity contribution >= 4 is 29.5 Å². The molecule has 9 nitrogen and oxygen atoms in total. The van der Waals surface area contributed by atoms with Gasteiger partial charge in [-0.3, -0.25) is 14.5 Å². The molecule has 1 aromatic rings. The number of thioether (sulfide) groups is 1. The molecule has 10 heteroatoms. The molecule has 142 valence electrons. The van der Waals surface area contributed by atoms with Crippen LogP contribution in [0.1, 0.15) is 18.5 Å². The molecule has 2 amide bonds. The van der Waals surface area contributed by atoms with Gasteiger partial charge in [0.25, 0.3) is 5.91 Å². The van der Waals surface area contributed by atoms with Gasteiger partial charge in [-0.05, 0) is 30.2 Å². The summed E-state index contributed by atoms with van der Waals surface area (Å²) in [5.41, 5.74) is 7.17. The Hall–Kier alpha value is -2.72. The first kappa shape index (κ1) is 17.7. The Labute approximate surface area is 158 Å². The molecule has 1 unspecified atom stereocenters. The number of aliphatic carboxylic acids is 1. The van der Waals surface area contributed by atoms with E-state index < -0.39 is 35.2 Å². The molecule has 4 rings (SSSR count). The lowest BCUT2D eigenvalue weighted by Gasteiger charge is -2.49. The Morgan fingerprint density at radius 2 is 2.11 bits per heavy atom. The molecule has 3 heterocycles. The van der Waals surface area contributed by atoms with Gasteiger partial charge in [0, 0.05) is 5.75 Å². The number of rotatable bonds is 4. The normalized spacial score (nSPS) is 24.2. The van der Waals surface area contributed by atoms with E-state index in [9.17, 15) is 19.5 Å². The van der Waals surface area contributed by atoms with E-state index in [0.717, 1.165) is 0 Å². The van der Waals surface area contributed by atoms with Gasteiger partial charge in [-0.25, -0.2) is 4.79 Å². The second-order valence-electron chi connectivity index (χ2n) is 6.42. The number of hydrogen-bond donors (Lipinski definition) is 3. The fourth-order valence-electron chi connectivity index (χ4n) is 3.28. The number of ether oxygens (including phenoxy) is 2. The minimum Gasteiger partial charge on any atom is -0.477 e. The number of carbonyl (C=O) groups excluding carboxylic acids is 2. The van der Waals surface area contributed by atoms with Crippen LogP contribution in [0.3, 0.4) is 0 Å². The minimum atomic E-state index is -1.15. The number of nitrogens with zero attached hydrogens (tertiary/aromatic N) is 1. The summed E-state index contributed by atoms with van der Waals surface area (Å²) in [5, 5.41) is 11.5. The molecule has 3 aliphatic heterocycles. The number of fused-ring (bicyclic) bond motifs is 2. The van der Waals surface area contributed by atoms with Gasteiger partial charge in [-0.1, -0.05) is 6.07 Å². The highest BCUT2D eigenvalue weighted by Gasteiger charge is 2.53. The van der Waals surface area contributed by atoms with E-state index in [1.54, 1.807) is 25.1 Å². The molecule has 0 bridgehead atoms. The zero-order valence-electron chi connectivity index (χ0n) is 14.3. The van der Waals surface area contributed by atoms with Gasteiger partial charge in [0.15, 0.2) is 11.5 Å². The molecule has 0 radical (unpaired) electrons. The highest BCUT2D eigenvalue weighted by molar-refractivity contribution is 8.00.